The molecule has 236 valence electrons. The molecule has 1 aliphatic carbocycles. The fraction of sp³-hybridized carbons (Fsp3) is 0.190. The van der Waals surface area contributed by atoms with E-state index in [1.165, 1.54) is 11.3 Å². The van der Waals surface area contributed by atoms with E-state index < -0.39 is 0 Å². The van der Waals surface area contributed by atoms with E-state index in [2.05, 4.69) is 146 Å². The molecule has 5 nitrogen and oxygen atoms in total. The van der Waals surface area contributed by atoms with Crippen molar-refractivity contribution in [2.45, 2.75) is 34.2 Å². The maximum absolute atomic E-state index is 5.33. The summed E-state index contributed by atoms with van der Waals surface area (Å²) in [6.07, 6.45) is 6.46. The monoisotopic (exact) mass is 617 g/mol. The predicted octanol–water partition coefficient (Wildman–Crippen LogP) is 10.6. The van der Waals surface area contributed by atoms with Gasteiger partial charge in [0.1, 0.15) is 0 Å². The molecule has 0 spiro atoms. The van der Waals surface area contributed by atoms with Gasteiger partial charge in [-0.3, -0.25) is 0 Å². The molecule has 0 amide bonds. The van der Waals surface area contributed by atoms with E-state index >= 15 is 0 Å². The van der Waals surface area contributed by atoms with Gasteiger partial charge in [0.2, 0.25) is 0 Å². The standard InChI is InChI=1S/C42H43N5/c1-5-46(6-2)35-24-22-34(23-25-35)43-40-28-31(4)42(38-21-15-14-20-37(38)40)45-39-27-26-36(29-41(39)44-33-18-12-9-13-19-33)47(7-3)30-32-16-10-8-11-17-32/h8-29,43H,5-7,30H2,1-4H3/b44-41+,45-39-. The molecular formula is C42H43N5. The van der Waals surface area contributed by atoms with Crippen LogP contribution in [0.2, 0.25) is 0 Å². The zero-order valence-electron chi connectivity index (χ0n) is 27.8. The number of nitrogens with one attached hydrogen (secondary N) is 1. The number of hydrogen-bond acceptors (Lipinski definition) is 5. The van der Waals surface area contributed by atoms with E-state index in [0.717, 1.165) is 82.4 Å². The van der Waals surface area contributed by atoms with Crippen LogP contribution in [-0.4, -0.2) is 36.0 Å². The Balaban J connectivity index is 1.37. The molecule has 0 unspecified atom stereocenters. The Labute approximate surface area is 279 Å². The van der Waals surface area contributed by atoms with Crippen LogP contribution in [0.3, 0.4) is 0 Å². The number of nitrogens with zero attached hydrogens (tertiary/aromatic N) is 4. The smallest absolute Gasteiger partial charge is 0.0914 e. The van der Waals surface area contributed by atoms with Gasteiger partial charge in [-0.1, -0.05) is 72.8 Å². The molecule has 0 fully saturated rings. The number of aliphatic imine (C=N–C) groups is 2. The molecule has 1 N–H and O–H groups in total. The predicted molar refractivity (Wildman–Crippen MR) is 202 cm³/mol. The van der Waals surface area contributed by atoms with Gasteiger partial charge in [0, 0.05) is 59.7 Å². The minimum Gasteiger partial charge on any atom is -0.372 e. The highest BCUT2D eigenvalue weighted by molar-refractivity contribution is 6.52. The van der Waals surface area contributed by atoms with E-state index in [0.29, 0.717) is 0 Å². The highest BCUT2D eigenvalue weighted by atomic mass is 15.1. The lowest BCUT2D eigenvalue weighted by Crippen LogP contribution is -2.25. The van der Waals surface area contributed by atoms with Crippen molar-refractivity contribution in [3.05, 3.63) is 150 Å². The van der Waals surface area contributed by atoms with Crippen molar-refractivity contribution in [1.29, 1.82) is 0 Å². The Morgan fingerprint density at radius 2 is 1.26 bits per heavy atom. The molecule has 1 aliphatic rings. The first-order chi connectivity index (χ1) is 23.1. The van der Waals surface area contributed by atoms with Crippen LogP contribution in [0.4, 0.5) is 28.4 Å². The van der Waals surface area contributed by atoms with Crippen molar-refractivity contribution in [2.24, 2.45) is 9.98 Å². The fourth-order valence-electron chi connectivity index (χ4n) is 6.10. The minimum atomic E-state index is 0.828. The summed E-state index contributed by atoms with van der Waals surface area (Å²) in [7, 11) is 0. The Bertz CT molecular complexity index is 1930. The van der Waals surface area contributed by atoms with Gasteiger partial charge in [-0.2, -0.15) is 0 Å². The van der Waals surface area contributed by atoms with Gasteiger partial charge in [-0.05, 0) is 99.5 Å². The molecule has 0 bridgehead atoms. The molecular weight excluding hydrogens is 574 g/mol. The van der Waals surface area contributed by atoms with Gasteiger partial charge >= 0.3 is 0 Å². The van der Waals surface area contributed by atoms with Crippen LogP contribution >= 0.6 is 0 Å². The summed E-state index contributed by atoms with van der Waals surface area (Å²) in [5.41, 5.74) is 10.4. The third-order valence-corrected chi connectivity index (χ3v) is 8.64. The molecule has 0 aromatic heterocycles. The van der Waals surface area contributed by atoms with Crippen LogP contribution < -0.4 is 10.2 Å². The summed E-state index contributed by atoms with van der Waals surface area (Å²) < 4.78 is 0. The number of aryl methyl sites for hydroxylation is 1. The molecule has 0 heterocycles. The largest absolute Gasteiger partial charge is 0.372 e. The molecule has 0 saturated heterocycles. The van der Waals surface area contributed by atoms with Gasteiger partial charge in [-0.25, -0.2) is 9.98 Å². The average Bonchev–Trinajstić information content (AvgIpc) is 3.11. The molecule has 0 aliphatic heterocycles. The first-order valence-electron chi connectivity index (χ1n) is 16.6. The number of rotatable bonds is 11. The summed E-state index contributed by atoms with van der Waals surface area (Å²) in [5, 5.41) is 5.92. The summed E-state index contributed by atoms with van der Waals surface area (Å²) in [6, 6.07) is 40.2. The first kappa shape index (κ1) is 31.6. The second-order valence-electron chi connectivity index (χ2n) is 11.7. The quantitative estimate of drug-likeness (QED) is 0.150. The molecule has 5 aromatic rings. The van der Waals surface area contributed by atoms with E-state index in [1.807, 2.05) is 30.3 Å². The van der Waals surface area contributed by atoms with Crippen molar-refractivity contribution in [3.63, 3.8) is 0 Å². The SMILES string of the molecule is CCN(Cc1ccccc1)C1=CC(=N\c2ccccc2)/C(=N\c2c(C)cc(Nc3ccc(N(CC)CC)cc3)c3ccccc23)C=C1. The molecule has 0 radical (unpaired) electrons. The Morgan fingerprint density at radius 3 is 1.94 bits per heavy atom. The van der Waals surface area contributed by atoms with Crippen molar-refractivity contribution in [2.75, 3.05) is 29.9 Å². The van der Waals surface area contributed by atoms with E-state index in [1.54, 1.807) is 0 Å². The van der Waals surface area contributed by atoms with Crippen molar-refractivity contribution in [1.82, 2.24) is 4.90 Å². The highest BCUT2D eigenvalue weighted by Gasteiger charge is 2.17. The second kappa shape index (κ2) is 14.8. The Morgan fingerprint density at radius 1 is 0.617 bits per heavy atom. The van der Waals surface area contributed by atoms with Crippen LogP contribution in [0, 0.1) is 6.92 Å². The molecule has 47 heavy (non-hydrogen) atoms. The number of anilines is 3. The fourth-order valence-corrected chi connectivity index (χ4v) is 6.10. The lowest BCUT2D eigenvalue weighted by molar-refractivity contribution is 0.367. The second-order valence-corrected chi connectivity index (χ2v) is 11.7. The third-order valence-electron chi connectivity index (χ3n) is 8.64. The highest BCUT2D eigenvalue weighted by Crippen LogP contribution is 2.37. The number of allylic oxidation sites excluding steroid dienone is 3. The summed E-state index contributed by atoms with van der Waals surface area (Å²) in [5.74, 6) is 0. The summed E-state index contributed by atoms with van der Waals surface area (Å²) >= 11 is 0. The number of benzene rings is 5. The maximum Gasteiger partial charge on any atom is 0.0914 e. The van der Waals surface area contributed by atoms with Crippen molar-refractivity contribution < 1.29 is 0 Å². The van der Waals surface area contributed by atoms with E-state index in [-0.39, 0.29) is 0 Å². The Hall–Kier alpha value is -5.42. The zero-order valence-corrected chi connectivity index (χ0v) is 27.8. The molecule has 0 atom stereocenters. The zero-order chi connectivity index (χ0) is 32.6. The minimum absolute atomic E-state index is 0.828. The average molecular weight is 618 g/mol. The topological polar surface area (TPSA) is 43.2 Å². The number of para-hydroxylation sites is 1. The van der Waals surface area contributed by atoms with Gasteiger partial charge in [-0.15, -0.1) is 0 Å². The lowest BCUT2D eigenvalue weighted by Gasteiger charge is -2.26. The summed E-state index contributed by atoms with van der Waals surface area (Å²) in [4.78, 5) is 15.2. The van der Waals surface area contributed by atoms with Gasteiger partial charge in [0.25, 0.3) is 0 Å². The number of likely N-dealkylation sites (N-methyl/N-ethyl adjacent to an activating group) is 1. The molecule has 0 saturated carbocycles. The van der Waals surface area contributed by atoms with Crippen LogP contribution in [0.15, 0.2) is 149 Å². The van der Waals surface area contributed by atoms with Gasteiger partial charge in [0.05, 0.1) is 22.8 Å². The van der Waals surface area contributed by atoms with Crippen LogP contribution in [-0.2, 0) is 6.54 Å². The maximum atomic E-state index is 5.33. The van der Waals surface area contributed by atoms with Crippen LogP contribution in [0.25, 0.3) is 10.8 Å². The van der Waals surface area contributed by atoms with Crippen LogP contribution in [0.1, 0.15) is 31.9 Å². The molecule has 6 rings (SSSR count). The molecule has 5 heteroatoms. The lowest BCUT2D eigenvalue weighted by atomic mass is 10.0. The van der Waals surface area contributed by atoms with Crippen LogP contribution in [0.5, 0.6) is 0 Å². The van der Waals surface area contributed by atoms with E-state index in [9.17, 15) is 0 Å². The third kappa shape index (κ3) is 7.36. The molecule has 5 aromatic carbocycles. The van der Waals surface area contributed by atoms with E-state index in [4.69, 9.17) is 9.98 Å². The Kier molecular flexibility index (Phi) is 9.93. The number of fused-ring (bicyclic) bond motifs is 1. The van der Waals surface area contributed by atoms with Crippen molar-refractivity contribution in [3.8, 4) is 0 Å². The normalized spacial score (nSPS) is 14.4. The number of hydrogen-bond donors (Lipinski definition) is 1. The summed E-state index contributed by atoms with van der Waals surface area (Å²) in [6.45, 7) is 12.4. The van der Waals surface area contributed by atoms with Gasteiger partial charge < -0.3 is 15.1 Å². The first-order valence-corrected chi connectivity index (χ1v) is 16.6. The van der Waals surface area contributed by atoms with Crippen molar-refractivity contribution >= 4 is 50.6 Å². The van der Waals surface area contributed by atoms with Gasteiger partial charge in [0.15, 0.2) is 0 Å².